The number of ether oxygens (including phenoxy) is 1. The van der Waals surface area contributed by atoms with Crippen LogP contribution in [0.3, 0.4) is 0 Å². The quantitative estimate of drug-likeness (QED) is 0.846. The third-order valence-corrected chi connectivity index (χ3v) is 3.63. The van der Waals surface area contributed by atoms with Gasteiger partial charge in [-0.05, 0) is 62.4 Å². The fraction of sp³-hybridized carbons (Fsp3) is 0.625. The molecule has 1 aromatic carbocycles. The summed E-state index contributed by atoms with van der Waals surface area (Å²) < 4.78 is 19.3. The molecule has 2 nitrogen and oxygen atoms in total. The summed E-state index contributed by atoms with van der Waals surface area (Å²) in [6, 6.07) is 5.49. The molecule has 1 aliphatic rings. The number of hydrogen-bond donors (Lipinski definition) is 1. The molecule has 2 unspecified atom stereocenters. The van der Waals surface area contributed by atoms with Gasteiger partial charge in [0.15, 0.2) is 0 Å². The van der Waals surface area contributed by atoms with Crippen molar-refractivity contribution in [1.82, 2.24) is 5.32 Å². The Labute approximate surface area is 115 Å². The zero-order valence-corrected chi connectivity index (χ0v) is 11.9. The third-order valence-electron chi connectivity index (χ3n) is 3.63. The minimum absolute atomic E-state index is 0.148. The van der Waals surface area contributed by atoms with Crippen molar-refractivity contribution in [2.45, 2.75) is 51.7 Å². The smallest absolute Gasteiger partial charge is 0.123 e. The van der Waals surface area contributed by atoms with E-state index in [1.54, 1.807) is 12.1 Å². The average molecular weight is 265 g/mol. The van der Waals surface area contributed by atoms with E-state index in [0.717, 1.165) is 50.0 Å². The van der Waals surface area contributed by atoms with Crippen molar-refractivity contribution in [3.8, 4) is 0 Å². The van der Waals surface area contributed by atoms with E-state index in [-0.39, 0.29) is 11.9 Å². The van der Waals surface area contributed by atoms with E-state index < -0.39 is 0 Å². The Hall–Kier alpha value is -0.930. The Kier molecular flexibility index (Phi) is 5.34. The van der Waals surface area contributed by atoms with Crippen LogP contribution in [0.15, 0.2) is 18.2 Å². The molecule has 1 aromatic rings. The lowest BCUT2D eigenvalue weighted by molar-refractivity contribution is 0.0945. The summed E-state index contributed by atoms with van der Waals surface area (Å²) in [6.07, 6.45) is 4.60. The minimum atomic E-state index is -0.148. The molecular weight excluding hydrogens is 241 g/mol. The van der Waals surface area contributed by atoms with Gasteiger partial charge in [0.1, 0.15) is 5.82 Å². The highest BCUT2D eigenvalue weighted by Gasteiger charge is 2.22. The van der Waals surface area contributed by atoms with E-state index >= 15 is 0 Å². The van der Waals surface area contributed by atoms with Gasteiger partial charge >= 0.3 is 0 Å². The molecule has 1 heterocycles. The van der Waals surface area contributed by atoms with Crippen LogP contribution in [-0.4, -0.2) is 19.3 Å². The number of aryl methyl sites for hydroxylation is 1. The molecule has 106 valence electrons. The number of rotatable bonds is 6. The molecule has 1 aliphatic heterocycles. The van der Waals surface area contributed by atoms with Gasteiger partial charge in [-0.25, -0.2) is 4.39 Å². The first-order valence-electron chi connectivity index (χ1n) is 7.31. The highest BCUT2D eigenvalue weighted by atomic mass is 19.1. The summed E-state index contributed by atoms with van der Waals surface area (Å²) in [5, 5.41) is 3.52. The van der Waals surface area contributed by atoms with Crippen molar-refractivity contribution >= 4 is 0 Å². The normalized spacial score (nSPS) is 20.7. The standard InChI is InChI=1S/C16H24FNO/c1-3-6-18-16(11-15-5-4-7-19-15)13-8-12(2)9-14(17)10-13/h8-10,15-16,18H,3-7,11H2,1-2H3. The molecule has 2 atom stereocenters. The second kappa shape index (κ2) is 7.01. The molecule has 0 spiro atoms. The van der Waals surface area contributed by atoms with Crippen LogP contribution in [0.1, 0.15) is 49.8 Å². The number of halogens is 1. The van der Waals surface area contributed by atoms with Gasteiger partial charge in [0.05, 0.1) is 6.10 Å². The van der Waals surface area contributed by atoms with Crippen LogP contribution in [-0.2, 0) is 4.74 Å². The minimum Gasteiger partial charge on any atom is -0.378 e. The third kappa shape index (κ3) is 4.29. The number of nitrogens with one attached hydrogen (secondary N) is 1. The largest absolute Gasteiger partial charge is 0.378 e. The Morgan fingerprint density at radius 2 is 2.26 bits per heavy atom. The van der Waals surface area contributed by atoms with Gasteiger partial charge in [0, 0.05) is 12.6 Å². The van der Waals surface area contributed by atoms with Crippen molar-refractivity contribution < 1.29 is 9.13 Å². The first kappa shape index (κ1) is 14.5. The van der Waals surface area contributed by atoms with E-state index in [9.17, 15) is 4.39 Å². The summed E-state index contributed by atoms with van der Waals surface area (Å²) in [4.78, 5) is 0. The van der Waals surface area contributed by atoms with Crippen LogP contribution < -0.4 is 5.32 Å². The monoisotopic (exact) mass is 265 g/mol. The van der Waals surface area contributed by atoms with Crippen molar-refractivity contribution in [3.63, 3.8) is 0 Å². The van der Waals surface area contributed by atoms with Crippen molar-refractivity contribution in [2.24, 2.45) is 0 Å². The number of hydrogen-bond acceptors (Lipinski definition) is 2. The second-order valence-electron chi connectivity index (χ2n) is 5.44. The van der Waals surface area contributed by atoms with Gasteiger partial charge in [-0.2, -0.15) is 0 Å². The molecular formula is C16H24FNO. The highest BCUT2D eigenvalue weighted by molar-refractivity contribution is 5.26. The molecule has 0 saturated carbocycles. The Bertz CT molecular complexity index is 381. The van der Waals surface area contributed by atoms with Gasteiger partial charge in [-0.1, -0.05) is 13.0 Å². The SMILES string of the molecule is CCCNC(CC1CCCO1)c1cc(C)cc(F)c1. The first-order chi connectivity index (χ1) is 9.19. The summed E-state index contributed by atoms with van der Waals surface area (Å²) in [7, 11) is 0. The maximum Gasteiger partial charge on any atom is 0.123 e. The van der Waals surface area contributed by atoms with Gasteiger partial charge in [-0.3, -0.25) is 0 Å². The molecule has 0 bridgehead atoms. The predicted molar refractivity (Wildman–Crippen MR) is 75.8 cm³/mol. The molecule has 0 amide bonds. The van der Waals surface area contributed by atoms with Crippen LogP contribution in [0.2, 0.25) is 0 Å². The fourth-order valence-corrected chi connectivity index (χ4v) is 2.71. The van der Waals surface area contributed by atoms with Crippen molar-refractivity contribution in [2.75, 3.05) is 13.2 Å². The molecule has 1 fully saturated rings. The van der Waals surface area contributed by atoms with E-state index in [2.05, 4.69) is 18.3 Å². The van der Waals surface area contributed by atoms with Crippen LogP contribution in [0.25, 0.3) is 0 Å². The molecule has 0 aliphatic carbocycles. The zero-order chi connectivity index (χ0) is 13.7. The van der Waals surface area contributed by atoms with Crippen LogP contribution in [0.4, 0.5) is 4.39 Å². The van der Waals surface area contributed by atoms with Gasteiger partial charge in [0.2, 0.25) is 0 Å². The Morgan fingerprint density at radius 3 is 2.89 bits per heavy atom. The molecule has 0 radical (unpaired) electrons. The zero-order valence-electron chi connectivity index (χ0n) is 11.9. The highest BCUT2D eigenvalue weighted by Crippen LogP contribution is 2.26. The van der Waals surface area contributed by atoms with Crippen molar-refractivity contribution in [3.05, 3.63) is 35.1 Å². The van der Waals surface area contributed by atoms with Crippen molar-refractivity contribution in [1.29, 1.82) is 0 Å². The summed E-state index contributed by atoms with van der Waals surface area (Å²) in [5.41, 5.74) is 2.02. The van der Waals surface area contributed by atoms with E-state index in [0.29, 0.717) is 6.10 Å². The van der Waals surface area contributed by atoms with Gasteiger partial charge in [-0.15, -0.1) is 0 Å². The lowest BCUT2D eigenvalue weighted by Gasteiger charge is -2.22. The summed E-state index contributed by atoms with van der Waals surface area (Å²) in [5.74, 6) is -0.148. The van der Waals surface area contributed by atoms with Crippen LogP contribution in [0, 0.1) is 12.7 Å². The molecule has 0 aromatic heterocycles. The van der Waals surface area contributed by atoms with Gasteiger partial charge in [0.25, 0.3) is 0 Å². The maximum absolute atomic E-state index is 13.6. The second-order valence-corrected chi connectivity index (χ2v) is 5.44. The lowest BCUT2D eigenvalue weighted by atomic mass is 9.97. The summed E-state index contributed by atoms with van der Waals surface area (Å²) >= 11 is 0. The molecule has 1 N–H and O–H groups in total. The van der Waals surface area contributed by atoms with E-state index in [1.807, 2.05) is 6.92 Å². The Balaban J connectivity index is 2.10. The lowest BCUT2D eigenvalue weighted by Crippen LogP contribution is -2.26. The van der Waals surface area contributed by atoms with Crippen LogP contribution >= 0.6 is 0 Å². The topological polar surface area (TPSA) is 21.3 Å². The molecule has 1 saturated heterocycles. The summed E-state index contributed by atoms with van der Waals surface area (Å²) in [6.45, 7) is 5.91. The first-order valence-corrected chi connectivity index (χ1v) is 7.31. The average Bonchev–Trinajstić information content (AvgIpc) is 2.86. The molecule has 19 heavy (non-hydrogen) atoms. The maximum atomic E-state index is 13.6. The van der Waals surface area contributed by atoms with E-state index in [1.165, 1.54) is 0 Å². The predicted octanol–water partition coefficient (Wildman–Crippen LogP) is 3.74. The van der Waals surface area contributed by atoms with Crippen LogP contribution in [0.5, 0.6) is 0 Å². The molecule has 2 rings (SSSR count). The Morgan fingerprint density at radius 1 is 1.42 bits per heavy atom. The molecule has 3 heteroatoms. The number of benzene rings is 1. The van der Waals surface area contributed by atoms with Gasteiger partial charge < -0.3 is 10.1 Å². The fourth-order valence-electron chi connectivity index (χ4n) is 2.71. The van der Waals surface area contributed by atoms with E-state index in [4.69, 9.17) is 4.74 Å².